The van der Waals surface area contributed by atoms with E-state index in [9.17, 15) is 13.2 Å². The third-order valence-corrected chi connectivity index (χ3v) is 2.84. The Kier molecular flexibility index (Phi) is 2.81. The number of imidazole rings is 1. The van der Waals surface area contributed by atoms with Crippen LogP contribution in [0.25, 0.3) is 5.65 Å². The molecule has 3 rings (SSSR count). The first-order valence-electron chi connectivity index (χ1n) is 5.76. The fourth-order valence-electron chi connectivity index (χ4n) is 2.01. The van der Waals surface area contributed by atoms with Gasteiger partial charge in [-0.3, -0.25) is 4.90 Å². The number of nitrogens with zero attached hydrogens (tertiary/aromatic N) is 4. The lowest BCUT2D eigenvalue weighted by Crippen LogP contribution is -2.56. The highest BCUT2D eigenvalue weighted by atomic mass is 19.4. The molecule has 2 aromatic rings. The van der Waals surface area contributed by atoms with Gasteiger partial charge in [-0.2, -0.15) is 13.2 Å². The molecular weight excluding hydrogens is 261 g/mol. The van der Waals surface area contributed by atoms with Gasteiger partial charge in [0.25, 0.3) is 0 Å². The molecular formula is C11H11F3N4O. The van der Waals surface area contributed by atoms with Crippen LogP contribution in [-0.4, -0.2) is 51.4 Å². The van der Waals surface area contributed by atoms with Gasteiger partial charge in [-0.15, -0.1) is 5.10 Å². The van der Waals surface area contributed by atoms with Crippen molar-refractivity contribution in [2.24, 2.45) is 0 Å². The highest BCUT2D eigenvalue weighted by molar-refractivity contribution is 5.37. The number of aromatic nitrogens is 3. The van der Waals surface area contributed by atoms with Gasteiger partial charge in [0.05, 0.1) is 6.54 Å². The first-order chi connectivity index (χ1) is 8.99. The topological polar surface area (TPSA) is 42.7 Å². The zero-order valence-electron chi connectivity index (χ0n) is 9.84. The predicted molar refractivity (Wildman–Crippen MR) is 59.9 cm³/mol. The Bertz CT molecular complexity index is 577. The van der Waals surface area contributed by atoms with Crippen molar-refractivity contribution in [1.82, 2.24) is 19.5 Å². The largest absolute Gasteiger partial charge is 0.471 e. The molecule has 102 valence electrons. The zero-order chi connectivity index (χ0) is 13.5. The third-order valence-electron chi connectivity index (χ3n) is 2.84. The van der Waals surface area contributed by atoms with Gasteiger partial charge in [0.15, 0.2) is 5.65 Å². The lowest BCUT2D eigenvalue weighted by molar-refractivity contribution is -0.162. The number of hydrogen-bond acceptors (Lipinski definition) is 4. The minimum atomic E-state index is -4.15. The monoisotopic (exact) mass is 272 g/mol. The smallest absolute Gasteiger partial charge is 0.401 e. The molecule has 19 heavy (non-hydrogen) atoms. The van der Waals surface area contributed by atoms with Crippen LogP contribution in [0.1, 0.15) is 0 Å². The van der Waals surface area contributed by atoms with E-state index in [1.165, 1.54) is 4.90 Å². The number of ether oxygens (including phenoxy) is 1. The second-order valence-corrected chi connectivity index (χ2v) is 4.45. The number of halogens is 3. The lowest BCUT2D eigenvalue weighted by Gasteiger charge is -2.38. The SMILES string of the molecule is FC(F)(F)CN1CC(Oc2ccc3nccn3n2)C1. The van der Waals surface area contributed by atoms with Gasteiger partial charge in [0.2, 0.25) is 5.88 Å². The molecule has 5 nitrogen and oxygen atoms in total. The predicted octanol–water partition coefficient (Wildman–Crippen LogP) is 1.35. The minimum absolute atomic E-state index is 0.240. The number of likely N-dealkylation sites (tertiary alicyclic amines) is 1. The lowest BCUT2D eigenvalue weighted by atomic mass is 10.1. The maximum absolute atomic E-state index is 12.1. The Morgan fingerprint density at radius 1 is 1.32 bits per heavy atom. The molecule has 3 heterocycles. The van der Waals surface area contributed by atoms with Crippen molar-refractivity contribution in [2.75, 3.05) is 19.6 Å². The van der Waals surface area contributed by atoms with E-state index in [2.05, 4.69) is 10.1 Å². The van der Waals surface area contributed by atoms with E-state index in [1.807, 2.05) is 0 Å². The number of rotatable bonds is 3. The van der Waals surface area contributed by atoms with Crippen LogP contribution >= 0.6 is 0 Å². The van der Waals surface area contributed by atoms with Crippen LogP contribution in [0, 0.1) is 0 Å². The van der Waals surface area contributed by atoms with Crippen LogP contribution in [0.2, 0.25) is 0 Å². The molecule has 0 atom stereocenters. The Balaban J connectivity index is 1.56. The molecule has 1 saturated heterocycles. The van der Waals surface area contributed by atoms with Crippen LogP contribution in [0.3, 0.4) is 0 Å². The normalized spacial score (nSPS) is 17.6. The second-order valence-electron chi connectivity index (χ2n) is 4.45. The Labute approximate surface area is 106 Å². The van der Waals surface area contributed by atoms with E-state index in [4.69, 9.17) is 4.74 Å². The van der Waals surface area contributed by atoms with E-state index in [-0.39, 0.29) is 19.2 Å². The van der Waals surface area contributed by atoms with Crippen molar-refractivity contribution in [2.45, 2.75) is 12.3 Å². The third kappa shape index (κ3) is 2.78. The fourth-order valence-corrected chi connectivity index (χ4v) is 2.01. The molecule has 0 bridgehead atoms. The Hall–Kier alpha value is -1.83. The molecule has 0 saturated carbocycles. The summed E-state index contributed by atoms with van der Waals surface area (Å²) in [6, 6.07) is 3.41. The van der Waals surface area contributed by atoms with Crippen molar-refractivity contribution in [3.63, 3.8) is 0 Å². The van der Waals surface area contributed by atoms with Gasteiger partial charge in [-0.25, -0.2) is 9.50 Å². The standard InChI is InChI=1S/C11H11F3N4O/c12-11(13,14)7-17-5-8(6-17)19-10-2-1-9-15-3-4-18(9)16-10/h1-4,8H,5-7H2. The van der Waals surface area contributed by atoms with Crippen LogP contribution in [-0.2, 0) is 0 Å². The van der Waals surface area contributed by atoms with Crippen LogP contribution < -0.4 is 4.74 Å². The maximum Gasteiger partial charge on any atom is 0.401 e. The highest BCUT2D eigenvalue weighted by Crippen LogP contribution is 2.22. The molecule has 0 aromatic carbocycles. The maximum atomic E-state index is 12.1. The Morgan fingerprint density at radius 2 is 2.11 bits per heavy atom. The molecule has 8 heteroatoms. The van der Waals surface area contributed by atoms with E-state index >= 15 is 0 Å². The van der Waals surface area contributed by atoms with E-state index < -0.39 is 12.7 Å². The average Bonchev–Trinajstić information content (AvgIpc) is 2.71. The fraction of sp³-hybridized carbons (Fsp3) is 0.455. The summed E-state index contributed by atoms with van der Waals surface area (Å²) in [4.78, 5) is 5.33. The summed E-state index contributed by atoms with van der Waals surface area (Å²) in [5.41, 5.74) is 0.694. The average molecular weight is 272 g/mol. The minimum Gasteiger partial charge on any atom is -0.471 e. The van der Waals surface area contributed by atoms with Crippen LogP contribution in [0.15, 0.2) is 24.5 Å². The second kappa shape index (κ2) is 4.37. The van der Waals surface area contributed by atoms with Gasteiger partial charge in [-0.05, 0) is 6.07 Å². The zero-order valence-corrected chi connectivity index (χ0v) is 9.84. The summed E-state index contributed by atoms with van der Waals surface area (Å²) >= 11 is 0. The van der Waals surface area contributed by atoms with E-state index in [0.717, 1.165) is 0 Å². The van der Waals surface area contributed by atoms with Gasteiger partial charge in [-0.1, -0.05) is 0 Å². The van der Waals surface area contributed by atoms with Crippen LogP contribution in [0.5, 0.6) is 5.88 Å². The molecule has 0 spiro atoms. The van der Waals surface area contributed by atoms with Crippen molar-refractivity contribution >= 4 is 5.65 Å². The number of alkyl halides is 3. The van der Waals surface area contributed by atoms with Gasteiger partial charge in [0, 0.05) is 31.5 Å². The molecule has 1 fully saturated rings. The Morgan fingerprint density at radius 3 is 2.84 bits per heavy atom. The summed E-state index contributed by atoms with van der Waals surface area (Å²) in [5, 5.41) is 4.15. The summed E-state index contributed by atoms with van der Waals surface area (Å²) in [5.74, 6) is 0.391. The quantitative estimate of drug-likeness (QED) is 0.846. The molecule has 0 amide bonds. The van der Waals surface area contributed by atoms with Gasteiger partial charge in [0.1, 0.15) is 6.10 Å². The summed E-state index contributed by atoms with van der Waals surface area (Å²) in [6.45, 7) is -0.354. The van der Waals surface area contributed by atoms with Crippen molar-refractivity contribution in [3.05, 3.63) is 24.5 Å². The molecule has 1 aliphatic rings. The van der Waals surface area contributed by atoms with Crippen molar-refractivity contribution < 1.29 is 17.9 Å². The van der Waals surface area contributed by atoms with E-state index in [1.54, 1.807) is 29.0 Å². The molecule has 0 unspecified atom stereocenters. The molecule has 0 radical (unpaired) electrons. The van der Waals surface area contributed by atoms with Crippen molar-refractivity contribution in [3.8, 4) is 5.88 Å². The first kappa shape index (κ1) is 12.2. The molecule has 1 aliphatic heterocycles. The van der Waals surface area contributed by atoms with Crippen LogP contribution in [0.4, 0.5) is 13.2 Å². The molecule has 0 N–H and O–H groups in total. The van der Waals surface area contributed by atoms with Gasteiger partial charge < -0.3 is 4.74 Å². The summed E-state index contributed by atoms with van der Waals surface area (Å²) in [7, 11) is 0. The molecule has 0 aliphatic carbocycles. The number of hydrogen-bond donors (Lipinski definition) is 0. The van der Waals surface area contributed by atoms with Crippen molar-refractivity contribution in [1.29, 1.82) is 0 Å². The summed E-state index contributed by atoms with van der Waals surface area (Å²) < 4.78 is 43.4. The van der Waals surface area contributed by atoms with E-state index in [0.29, 0.717) is 11.5 Å². The first-order valence-corrected chi connectivity index (χ1v) is 5.76. The summed E-state index contributed by atoms with van der Waals surface area (Å²) in [6.07, 6.45) is -1.10. The number of fused-ring (bicyclic) bond motifs is 1. The molecule has 2 aromatic heterocycles. The highest BCUT2D eigenvalue weighted by Gasteiger charge is 2.38. The van der Waals surface area contributed by atoms with Gasteiger partial charge >= 0.3 is 6.18 Å².